The molecule has 25 heavy (non-hydrogen) atoms. The Hall–Kier alpha value is -2.53. The molecule has 1 aliphatic rings. The van der Waals surface area contributed by atoms with Gasteiger partial charge in [-0.3, -0.25) is 9.69 Å². The van der Waals surface area contributed by atoms with E-state index in [2.05, 4.69) is 16.3 Å². The number of carbonyl (C=O) groups excluding carboxylic acids is 1. The van der Waals surface area contributed by atoms with Gasteiger partial charge >= 0.3 is 0 Å². The molecule has 1 saturated heterocycles. The van der Waals surface area contributed by atoms with Crippen LogP contribution in [0.25, 0.3) is 6.08 Å². The third-order valence-electron chi connectivity index (χ3n) is 4.45. The normalized spacial score (nSPS) is 18.5. The number of hydrogen-bond donors (Lipinski definition) is 2. The Morgan fingerprint density at radius 3 is 3.08 bits per heavy atom. The van der Waals surface area contributed by atoms with E-state index >= 15 is 0 Å². The van der Waals surface area contributed by atoms with Gasteiger partial charge in [-0.05, 0) is 61.7 Å². The van der Waals surface area contributed by atoms with E-state index in [1.807, 2.05) is 18.2 Å². The van der Waals surface area contributed by atoms with E-state index in [1.165, 1.54) is 6.07 Å². The summed E-state index contributed by atoms with van der Waals surface area (Å²) in [6, 6.07) is 10.3. The molecule has 5 nitrogen and oxygen atoms in total. The Morgan fingerprint density at radius 2 is 2.28 bits per heavy atom. The molecule has 132 valence electrons. The van der Waals surface area contributed by atoms with Gasteiger partial charge in [0.15, 0.2) is 0 Å². The Kier molecular flexibility index (Phi) is 5.90. The van der Waals surface area contributed by atoms with Crippen LogP contribution >= 0.6 is 0 Å². The minimum atomic E-state index is -0.134. The highest BCUT2D eigenvalue weighted by Gasteiger charge is 2.19. The van der Waals surface area contributed by atoms with E-state index in [1.54, 1.807) is 24.5 Å². The highest BCUT2D eigenvalue weighted by Crippen LogP contribution is 2.16. The number of piperidine rings is 1. The predicted octanol–water partition coefficient (Wildman–Crippen LogP) is 3.14. The monoisotopic (exact) mass is 340 g/mol. The lowest BCUT2D eigenvalue weighted by Crippen LogP contribution is -2.40. The largest absolute Gasteiger partial charge is 0.508 e. The summed E-state index contributed by atoms with van der Waals surface area (Å²) in [5.74, 6) is 1.30. The molecule has 1 atom stereocenters. The summed E-state index contributed by atoms with van der Waals surface area (Å²) in [4.78, 5) is 14.6. The first-order chi connectivity index (χ1) is 12.2. The van der Waals surface area contributed by atoms with Crippen molar-refractivity contribution in [2.45, 2.75) is 12.8 Å². The minimum Gasteiger partial charge on any atom is -0.508 e. The summed E-state index contributed by atoms with van der Waals surface area (Å²) < 4.78 is 5.29. The van der Waals surface area contributed by atoms with Crippen molar-refractivity contribution in [3.63, 3.8) is 0 Å². The molecule has 1 amide bonds. The lowest BCUT2D eigenvalue weighted by atomic mass is 9.98. The number of nitrogens with one attached hydrogen (secondary N) is 1. The van der Waals surface area contributed by atoms with E-state index in [9.17, 15) is 9.90 Å². The molecule has 1 aromatic carbocycles. The van der Waals surface area contributed by atoms with Crippen LogP contribution in [0.3, 0.4) is 0 Å². The third-order valence-corrected chi connectivity index (χ3v) is 4.45. The molecule has 2 aromatic rings. The van der Waals surface area contributed by atoms with Crippen molar-refractivity contribution in [1.82, 2.24) is 10.2 Å². The number of benzene rings is 1. The van der Waals surface area contributed by atoms with Gasteiger partial charge in [-0.25, -0.2) is 0 Å². The Bertz CT molecular complexity index is 709. The molecule has 0 unspecified atom stereocenters. The van der Waals surface area contributed by atoms with Gasteiger partial charge in [0, 0.05) is 25.2 Å². The smallest absolute Gasteiger partial charge is 0.251 e. The second-order valence-electron chi connectivity index (χ2n) is 6.45. The molecule has 0 radical (unpaired) electrons. The zero-order chi connectivity index (χ0) is 17.5. The second-order valence-corrected chi connectivity index (χ2v) is 6.45. The summed E-state index contributed by atoms with van der Waals surface area (Å²) in [7, 11) is 0. The maximum atomic E-state index is 12.2. The average Bonchev–Trinajstić information content (AvgIpc) is 3.13. The molecule has 1 aromatic heterocycles. The zero-order valence-corrected chi connectivity index (χ0v) is 14.2. The number of amides is 1. The van der Waals surface area contributed by atoms with Gasteiger partial charge in [-0.15, -0.1) is 0 Å². The lowest BCUT2D eigenvalue weighted by Gasteiger charge is -2.32. The lowest BCUT2D eigenvalue weighted by molar-refractivity contribution is 0.0934. The van der Waals surface area contributed by atoms with Crippen LogP contribution in [0.2, 0.25) is 0 Å². The number of phenolic OH excluding ortho intramolecular Hbond substituents is 1. The van der Waals surface area contributed by atoms with Gasteiger partial charge in [-0.2, -0.15) is 0 Å². The van der Waals surface area contributed by atoms with Gasteiger partial charge in [0.1, 0.15) is 11.5 Å². The first-order valence-electron chi connectivity index (χ1n) is 8.70. The van der Waals surface area contributed by atoms with E-state index in [-0.39, 0.29) is 11.7 Å². The molecule has 1 aliphatic heterocycles. The Labute approximate surface area is 148 Å². The number of carbonyl (C=O) groups is 1. The average molecular weight is 340 g/mol. The maximum Gasteiger partial charge on any atom is 0.251 e. The predicted molar refractivity (Wildman–Crippen MR) is 97.3 cm³/mol. The molecular weight excluding hydrogens is 316 g/mol. The maximum absolute atomic E-state index is 12.2. The van der Waals surface area contributed by atoms with Gasteiger partial charge in [0.2, 0.25) is 0 Å². The Balaban J connectivity index is 1.44. The fraction of sp³-hybridized carbons (Fsp3) is 0.350. The van der Waals surface area contributed by atoms with E-state index < -0.39 is 0 Å². The van der Waals surface area contributed by atoms with E-state index in [4.69, 9.17) is 4.42 Å². The molecule has 2 heterocycles. The highest BCUT2D eigenvalue weighted by atomic mass is 16.3. The van der Waals surface area contributed by atoms with Gasteiger partial charge < -0.3 is 14.8 Å². The van der Waals surface area contributed by atoms with E-state index in [0.29, 0.717) is 18.0 Å². The summed E-state index contributed by atoms with van der Waals surface area (Å²) in [6.45, 7) is 3.60. The van der Waals surface area contributed by atoms with Crippen molar-refractivity contribution in [2.24, 2.45) is 5.92 Å². The summed E-state index contributed by atoms with van der Waals surface area (Å²) in [5.41, 5.74) is 0.494. The van der Waals surface area contributed by atoms with Crippen molar-refractivity contribution in [3.8, 4) is 5.75 Å². The number of hydrogen-bond acceptors (Lipinski definition) is 4. The fourth-order valence-corrected chi connectivity index (χ4v) is 3.17. The van der Waals surface area contributed by atoms with Crippen LogP contribution in [0.15, 0.2) is 53.2 Å². The summed E-state index contributed by atoms with van der Waals surface area (Å²) in [5, 5.41) is 12.4. The van der Waals surface area contributed by atoms with Crippen molar-refractivity contribution >= 4 is 12.0 Å². The standard InChI is InChI=1S/C20H24N2O3/c23-18-7-1-6-17(13-18)20(24)21-14-16-5-2-10-22(15-16)11-3-8-19-9-4-12-25-19/h1,3-4,6-9,12-13,16,23H,2,5,10-11,14-15H2,(H,21,24)/b8-3+/t16-/m0/s1. The number of phenols is 1. The highest BCUT2D eigenvalue weighted by molar-refractivity contribution is 5.94. The van der Waals surface area contributed by atoms with Gasteiger partial charge in [0.05, 0.1) is 6.26 Å². The molecule has 5 heteroatoms. The molecule has 2 N–H and O–H groups in total. The molecule has 0 spiro atoms. The minimum absolute atomic E-state index is 0.111. The molecule has 3 rings (SSSR count). The summed E-state index contributed by atoms with van der Waals surface area (Å²) in [6.07, 6.45) is 8.05. The van der Waals surface area contributed by atoms with Crippen LogP contribution in [0.5, 0.6) is 5.75 Å². The van der Waals surface area contributed by atoms with Gasteiger partial charge in [0.25, 0.3) is 5.91 Å². The molecule has 0 aliphatic carbocycles. The molecule has 0 bridgehead atoms. The van der Waals surface area contributed by atoms with Crippen LogP contribution in [0.4, 0.5) is 0 Å². The second kappa shape index (κ2) is 8.53. The number of aromatic hydroxyl groups is 1. The Morgan fingerprint density at radius 1 is 1.36 bits per heavy atom. The number of nitrogens with zero attached hydrogens (tertiary/aromatic N) is 1. The SMILES string of the molecule is O=C(NC[C@@H]1CCCN(C/C=C/c2ccco2)C1)c1cccc(O)c1. The quantitative estimate of drug-likeness (QED) is 0.848. The topological polar surface area (TPSA) is 65.7 Å². The van der Waals surface area contributed by atoms with Crippen LogP contribution in [-0.4, -0.2) is 42.1 Å². The number of furan rings is 1. The molecule has 1 fully saturated rings. The van der Waals surface area contributed by atoms with Crippen molar-refractivity contribution in [1.29, 1.82) is 0 Å². The van der Waals surface area contributed by atoms with Crippen LogP contribution < -0.4 is 5.32 Å². The van der Waals surface area contributed by atoms with Gasteiger partial charge in [-0.1, -0.05) is 12.1 Å². The number of rotatable bonds is 6. The van der Waals surface area contributed by atoms with Crippen LogP contribution in [0.1, 0.15) is 29.0 Å². The fourth-order valence-electron chi connectivity index (χ4n) is 3.17. The van der Waals surface area contributed by atoms with Crippen LogP contribution in [0, 0.1) is 5.92 Å². The first-order valence-corrected chi connectivity index (χ1v) is 8.70. The molecule has 0 saturated carbocycles. The van der Waals surface area contributed by atoms with Crippen LogP contribution in [-0.2, 0) is 0 Å². The van der Waals surface area contributed by atoms with Crippen molar-refractivity contribution < 1.29 is 14.3 Å². The number of likely N-dealkylation sites (tertiary alicyclic amines) is 1. The van der Waals surface area contributed by atoms with Crippen molar-refractivity contribution in [3.05, 3.63) is 60.1 Å². The summed E-state index contributed by atoms with van der Waals surface area (Å²) >= 11 is 0. The third kappa shape index (κ3) is 5.22. The molecular formula is C20H24N2O3. The first kappa shape index (κ1) is 17.3. The zero-order valence-electron chi connectivity index (χ0n) is 14.2. The van der Waals surface area contributed by atoms with Crippen molar-refractivity contribution in [2.75, 3.05) is 26.2 Å². The van der Waals surface area contributed by atoms with E-state index in [0.717, 1.165) is 38.2 Å².